The molecule has 0 saturated heterocycles. The number of methoxy groups -OCH3 is 2. The number of carbonyl (C=O) groups excluding carboxylic acids is 2. The lowest BCUT2D eigenvalue weighted by Gasteiger charge is -2.33. The maximum Gasteiger partial charge on any atom is 0.267 e. The second-order valence-corrected chi connectivity index (χ2v) is 7.94. The van der Waals surface area contributed by atoms with E-state index < -0.39 is 12.0 Å². The number of nitrogens with zero attached hydrogens (tertiary/aromatic N) is 1. The van der Waals surface area contributed by atoms with Crippen molar-refractivity contribution >= 4 is 23.2 Å². The number of hydrogen-bond donors (Lipinski definition) is 1. The fraction of sp³-hybridized carbons (Fsp3) is 0.259. The Labute approximate surface area is 204 Å². The molecule has 2 amide bonds. The lowest BCUT2D eigenvalue weighted by molar-refractivity contribution is -0.125. The number of fused-ring (bicyclic) bond motifs is 1. The fourth-order valence-electron chi connectivity index (χ4n) is 3.91. The molecule has 8 nitrogen and oxygen atoms in total. The first kappa shape index (κ1) is 23.9. The van der Waals surface area contributed by atoms with Gasteiger partial charge in [0.2, 0.25) is 0 Å². The van der Waals surface area contributed by atoms with Crippen molar-refractivity contribution in [1.29, 1.82) is 0 Å². The van der Waals surface area contributed by atoms with Crippen LogP contribution in [0.15, 0.2) is 66.7 Å². The van der Waals surface area contributed by atoms with Crippen molar-refractivity contribution in [2.75, 3.05) is 37.6 Å². The van der Waals surface area contributed by atoms with Gasteiger partial charge >= 0.3 is 0 Å². The molecule has 1 aliphatic heterocycles. The Morgan fingerprint density at radius 3 is 2.40 bits per heavy atom. The van der Waals surface area contributed by atoms with E-state index in [0.717, 1.165) is 5.75 Å². The van der Waals surface area contributed by atoms with Gasteiger partial charge in [-0.2, -0.15) is 0 Å². The molecule has 4 rings (SSSR count). The Kier molecular flexibility index (Phi) is 7.40. The number of benzene rings is 3. The van der Waals surface area contributed by atoms with Crippen LogP contribution in [-0.2, 0) is 4.79 Å². The molecule has 182 valence electrons. The summed E-state index contributed by atoms with van der Waals surface area (Å²) < 4.78 is 22.2. The normalized spacial score (nSPS) is 14.5. The molecule has 0 aromatic heterocycles. The molecule has 1 atom stereocenters. The number of anilines is 2. The summed E-state index contributed by atoms with van der Waals surface area (Å²) in [7, 11) is 2.99. The molecule has 3 aromatic carbocycles. The minimum atomic E-state index is -0.601. The number of rotatable bonds is 9. The summed E-state index contributed by atoms with van der Waals surface area (Å²) in [6.07, 6.45) is 0.0257. The quantitative estimate of drug-likeness (QED) is 0.457. The summed E-state index contributed by atoms with van der Waals surface area (Å²) in [5.41, 5.74) is 1.39. The van der Waals surface area contributed by atoms with Crippen LogP contribution in [0.1, 0.15) is 23.7 Å². The molecule has 0 spiro atoms. The standard InChI is InChI=1S/C27H28N2O6/c1-18-27(31)29(15-8-16-34-20-9-5-4-6-10-20)21-17-19(13-14-22(21)35-18)28-26(30)25-23(32-2)11-7-12-24(25)33-3/h4-7,9-14,17-18H,8,15-16H2,1-3H3,(H,28,30). The van der Waals surface area contributed by atoms with Crippen LogP contribution in [0.3, 0.4) is 0 Å². The maximum absolute atomic E-state index is 13.1. The van der Waals surface area contributed by atoms with E-state index in [0.29, 0.717) is 48.2 Å². The van der Waals surface area contributed by atoms with Crippen LogP contribution >= 0.6 is 0 Å². The zero-order valence-electron chi connectivity index (χ0n) is 19.9. The maximum atomic E-state index is 13.1. The van der Waals surface area contributed by atoms with Crippen molar-refractivity contribution in [2.45, 2.75) is 19.4 Å². The van der Waals surface area contributed by atoms with Gasteiger partial charge < -0.3 is 29.2 Å². The first-order valence-electron chi connectivity index (χ1n) is 11.3. The van der Waals surface area contributed by atoms with Gasteiger partial charge in [-0.1, -0.05) is 24.3 Å². The smallest absolute Gasteiger partial charge is 0.267 e. The van der Waals surface area contributed by atoms with Gasteiger partial charge in [0.25, 0.3) is 11.8 Å². The summed E-state index contributed by atoms with van der Waals surface area (Å²) in [5.74, 6) is 1.62. The first-order chi connectivity index (χ1) is 17.0. The van der Waals surface area contributed by atoms with E-state index in [1.54, 1.807) is 48.2 Å². The SMILES string of the molecule is COc1cccc(OC)c1C(=O)Nc1ccc2c(c1)N(CCCOc1ccccc1)C(=O)C(C)O2. The first-order valence-corrected chi connectivity index (χ1v) is 11.3. The van der Waals surface area contributed by atoms with Crippen LogP contribution in [-0.4, -0.2) is 45.3 Å². The number of ether oxygens (including phenoxy) is 4. The highest BCUT2D eigenvalue weighted by atomic mass is 16.5. The lowest BCUT2D eigenvalue weighted by atomic mass is 10.1. The highest BCUT2D eigenvalue weighted by molar-refractivity contribution is 6.09. The molecule has 1 heterocycles. The van der Waals surface area contributed by atoms with Crippen LogP contribution in [0.5, 0.6) is 23.0 Å². The third-order valence-electron chi connectivity index (χ3n) is 5.62. The average Bonchev–Trinajstić information content (AvgIpc) is 2.88. The Morgan fingerprint density at radius 1 is 1.00 bits per heavy atom. The van der Waals surface area contributed by atoms with Crippen molar-refractivity contribution in [3.63, 3.8) is 0 Å². The molecule has 0 fully saturated rings. The molecule has 1 unspecified atom stereocenters. The third kappa shape index (κ3) is 5.32. The second-order valence-electron chi connectivity index (χ2n) is 7.94. The summed E-state index contributed by atoms with van der Waals surface area (Å²) in [6, 6.07) is 19.9. The van der Waals surface area contributed by atoms with Gasteiger partial charge in [-0.15, -0.1) is 0 Å². The van der Waals surface area contributed by atoms with Crippen LogP contribution in [0.25, 0.3) is 0 Å². The van der Waals surface area contributed by atoms with E-state index in [-0.39, 0.29) is 11.5 Å². The molecule has 0 saturated carbocycles. The highest BCUT2D eigenvalue weighted by Crippen LogP contribution is 2.37. The molecular weight excluding hydrogens is 448 g/mol. The van der Waals surface area contributed by atoms with Crippen molar-refractivity contribution in [2.24, 2.45) is 0 Å². The van der Waals surface area contributed by atoms with Crippen LogP contribution in [0.2, 0.25) is 0 Å². The molecule has 0 radical (unpaired) electrons. The van der Waals surface area contributed by atoms with Gasteiger partial charge in [-0.05, 0) is 55.8 Å². The Balaban J connectivity index is 1.51. The van der Waals surface area contributed by atoms with E-state index in [9.17, 15) is 9.59 Å². The molecule has 0 bridgehead atoms. The van der Waals surface area contributed by atoms with Crippen LogP contribution in [0, 0.1) is 0 Å². The van der Waals surface area contributed by atoms with E-state index in [1.807, 2.05) is 30.3 Å². The van der Waals surface area contributed by atoms with E-state index in [1.165, 1.54) is 14.2 Å². The van der Waals surface area contributed by atoms with Gasteiger partial charge in [0, 0.05) is 12.2 Å². The lowest BCUT2D eigenvalue weighted by Crippen LogP contribution is -2.45. The van der Waals surface area contributed by atoms with Crippen molar-refractivity contribution in [1.82, 2.24) is 0 Å². The van der Waals surface area contributed by atoms with Gasteiger partial charge in [0.15, 0.2) is 6.10 Å². The number of carbonyl (C=O) groups is 2. The Bertz CT molecular complexity index is 1180. The molecule has 0 aliphatic carbocycles. The number of hydrogen-bond acceptors (Lipinski definition) is 6. The highest BCUT2D eigenvalue weighted by Gasteiger charge is 2.31. The topological polar surface area (TPSA) is 86.3 Å². The predicted octanol–water partition coefficient (Wildman–Crippen LogP) is 4.54. The molecule has 1 aliphatic rings. The average molecular weight is 477 g/mol. The van der Waals surface area contributed by atoms with Gasteiger partial charge in [0.05, 0.1) is 26.5 Å². The third-order valence-corrected chi connectivity index (χ3v) is 5.62. The summed E-state index contributed by atoms with van der Waals surface area (Å²) >= 11 is 0. The van der Waals surface area contributed by atoms with Crippen LogP contribution < -0.4 is 29.2 Å². The predicted molar refractivity (Wildman–Crippen MR) is 133 cm³/mol. The van der Waals surface area contributed by atoms with E-state index in [4.69, 9.17) is 18.9 Å². The number of para-hydroxylation sites is 1. The molecule has 3 aromatic rings. The van der Waals surface area contributed by atoms with Gasteiger partial charge in [0.1, 0.15) is 28.6 Å². The monoisotopic (exact) mass is 476 g/mol. The minimum Gasteiger partial charge on any atom is -0.496 e. The Hall–Kier alpha value is -4.20. The summed E-state index contributed by atoms with van der Waals surface area (Å²) in [6.45, 7) is 2.63. The van der Waals surface area contributed by atoms with Crippen LogP contribution in [0.4, 0.5) is 11.4 Å². The second kappa shape index (κ2) is 10.8. The van der Waals surface area contributed by atoms with Crippen molar-refractivity contribution in [3.05, 3.63) is 72.3 Å². The number of nitrogens with one attached hydrogen (secondary N) is 1. The zero-order chi connectivity index (χ0) is 24.8. The molecule has 1 N–H and O–H groups in total. The number of amides is 2. The largest absolute Gasteiger partial charge is 0.496 e. The molecule has 35 heavy (non-hydrogen) atoms. The van der Waals surface area contributed by atoms with E-state index in [2.05, 4.69) is 5.32 Å². The zero-order valence-corrected chi connectivity index (χ0v) is 19.9. The van der Waals surface area contributed by atoms with Gasteiger partial charge in [-0.3, -0.25) is 9.59 Å². The van der Waals surface area contributed by atoms with Crippen molar-refractivity contribution < 1.29 is 28.5 Å². The van der Waals surface area contributed by atoms with Gasteiger partial charge in [-0.25, -0.2) is 0 Å². The molecular formula is C27H28N2O6. The Morgan fingerprint density at radius 2 is 1.71 bits per heavy atom. The fourth-order valence-corrected chi connectivity index (χ4v) is 3.91. The summed E-state index contributed by atoms with van der Waals surface area (Å²) in [5, 5.41) is 2.88. The van der Waals surface area contributed by atoms with E-state index >= 15 is 0 Å². The molecule has 8 heteroatoms. The van der Waals surface area contributed by atoms with Crippen molar-refractivity contribution in [3.8, 4) is 23.0 Å². The minimum absolute atomic E-state index is 0.146. The summed E-state index contributed by atoms with van der Waals surface area (Å²) in [4.78, 5) is 27.7.